The number of nitrogens with one attached hydrogen (secondary N) is 2. The monoisotopic (exact) mass is 236 g/mol. The molecule has 0 heterocycles. The van der Waals surface area contributed by atoms with Crippen LogP contribution in [-0.2, 0) is 10.0 Å². The number of aliphatic hydroxyl groups excluding tert-OH is 1. The zero-order chi connectivity index (χ0) is 11.3. The number of hydrogen-bond acceptors (Lipinski definition) is 4. The molecule has 0 radical (unpaired) electrons. The van der Waals surface area contributed by atoms with E-state index in [1.54, 1.807) is 7.05 Å². The van der Waals surface area contributed by atoms with Crippen LogP contribution in [0.2, 0.25) is 0 Å². The van der Waals surface area contributed by atoms with Crippen molar-refractivity contribution in [2.75, 3.05) is 19.3 Å². The summed E-state index contributed by atoms with van der Waals surface area (Å²) in [5.41, 5.74) is 0. The Kier molecular flexibility index (Phi) is 4.98. The largest absolute Gasteiger partial charge is 0.393 e. The van der Waals surface area contributed by atoms with Crippen LogP contribution in [0.1, 0.15) is 25.7 Å². The molecule has 0 aliphatic heterocycles. The smallest absolute Gasteiger partial charge is 0.213 e. The van der Waals surface area contributed by atoms with Crippen molar-refractivity contribution in [2.24, 2.45) is 0 Å². The fourth-order valence-corrected chi connectivity index (χ4v) is 3.08. The van der Waals surface area contributed by atoms with Crippen molar-refractivity contribution in [1.29, 1.82) is 0 Å². The minimum atomic E-state index is -3.15. The molecule has 0 amide bonds. The van der Waals surface area contributed by atoms with Crippen molar-refractivity contribution >= 4 is 10.0 Å². The summed E-state index contributed by atoms with van der Waals surface area (Å²) in [6.45, 7) is 0.463. The highest BCUT2D eigenvalue weighted by molar-refractivity contribution is 7.89. The van der Waals surface area contributed by atoms with Crippen LogP contribution in [0.3, 0.4) is 0 Å². The molecule has 1 aliphatic carbocycles. The van der Waals surface area contributed by atoms with Gasteiger partial charge >= 0.3 is 0 Å². The standard InChI is InChI=1S/C9H20N2O3S/c1-10-6-7-15(13,14)11-8-2-4-9(12)5-3-8/h8-12H,2-7H2,1H3. The Morgan fingerprint density at radius 1 is 1.27 bits per heavy atom. The summed E-state index contributed by atoms with van der Waals surface area (Å²) in [4.78, 5) is 0. The van der Waals surface area contributed by atoms with E-state index in [2.05, 4.69) is 10.0 Å². The summed E-state index contributed by atoms with van der Waals surface area (Å²) in [5.74, 6) is 0.114. The van der Waals surface area contributed by atoms with Gasteiger partial charge in [0, 0.05) is 12.6 Å². The molecule has 0 unspecified atom stereocenters. The van der Waals surface area contributed by atoms with Crippen LogP contribution >= 0.6 is 0 Å². The molecule has 0 spiro atoms. The van der Waals surface area contributed by atoms with Gasteiger partial charge in [-0.1, -0.05) is 0 Å². The third kappa shape index (κ3) is 4.92. The molecule has 3 N–H and O–H groups in total. The second kappa shape index (κ2) is 5.79. The van der Waals surface area contributed by atoms with E-state index >= 15 is 0 Å². The average molecular weight is 236 g/mol. The minimum absolute atomic E-state index is 0.00950. The molecule has 90 valence electrons. The summed E-state index contributed by atoms with van der Waals surface area (Å²) in [6, 6.07) is 0.00950. The summed E-state index contributed by atoms with van der Waals surface area (Å²) in [5, 5.41) is 12.1. The van der Waals surface area contributed by atoms with Crippen LogP contribution in [0.4, 0.5) is 0 Å². The van der Waals surface area contributed by atoms with Crippen LogP contribution in [-0.4, -0.2) is 45.0 Å². The van der Waals surface area contributed by atoms with Crippen molar-refractivity contribution in [2.45, 2.75) is 37.8 Å². The Labute approximate surface area is 91.3 Å². The van der Waals surface area contributed by atoms with Gasteiger partial charge in [-0.25, -0.2) is 13.1 Å². The zero-order valence-electron chi connectivity index (χ0n) is 9.07. The predicted octanol–water partition coefficient (Wildman–Crippen LogP) is -0.571. The van der Waals surface area contributed by atoms with Crippen LogP contribution in [0.15, 0.2) is 0 Å². The van der Waals surface area contributed by atoms with E-state index in [0.29, 0.717) is 19.4 Å². The van der Waals surface area contributed by atoms with E-state index in [0.717, 1.165) is 12.8 Å². The Morgan fingerprint density at radius 3 is 2.40 bits per heavy atom. The molecule has 0 atom stereocenters. The highest BCUT2D eigenvalue weighted by atomic mass is 32.2. The molecule has 1 saturated carbocycles. The first-order valence-electron chi connectivity index (χ1n) is 5.36. The van der Waals surface area contributed by atoms with Gasteiger partial charge in [0.2, 0.25) is 10.0 Å². The first-order chi connectivity index (χ1) is 7.03. The maximum absolute atomic E-state index is 11.5. The van der Waals surface area contributed by atoms with Gasteiger partial charge in [0.25, 0.3) is 0 Å². The fourth-order valence-electron chi connectivity index (χ4n) is 1.74. The number of hydrogen-bond donors (Lipinski definition) is 3. The fraction of sp³-hybridized carbons (Fsp3) is 1.00. The van der Waals surface area contributed by atoms with Gasteiger partial charge < -0.3 is 10.4 Å². The van der Waals surface area contributed by atoms with Gasteiger partial charge in [0.1, 0.15) is 0 Å². The first kappa shape index (κ1) is 12.9. The van der Waals surface area contributed by atoms with E-state index in [1.807, 2.05) is 0 Å². The minimum Gasteiger partial charge on any atom is -0.393 e. The molecule has 6 heteroatoms. The van der Waals surface area contributed by atoms with Crippen LogP contribution in [0, 0.1) is 0 Å². The molecule has 15 heavy (non-hydrogen) atoms. The first-order valence-corrected chi connectivity index (χ1v) is 7.01. The highest BCUT2D eigenvalue weighted by Gasteiger charge is 2.23. The molecule has 1 aliphatic rings. The molecular weight excluding hydrogens is 216 g/mol. The van der Waals surface area contributed by atoms with E-state index in [4.69, 9.17) is 0 Å². The second-order valence-corrected chi connectivity index (χ2v) is 5.92. The molecule has 1 rings (SSSR count). The van der Waals surface area contributed by atoms with Gasteiger partial charge in [0.05, 0.1) is 11.9 Å². The SMILES string of the molecule is CNCCS(=O)(=O)NC1CCC(O)CC1. The zero-order valence-corrected chi connectivity index (χ0v) is 9.89. The van der Waals surface area contributed by atoms with Crippen LogP contribution < -0.4 is 10.0 Å². The average Bonchev–Trinajstić information content (AvgIpc) is 2.18. The Bertz CT molecular complexity index is 271. The molecule has 1 fully saturated rings. The molecule has 0 aromatic rings. The lowest BCUT2D eigenvalue weighted by Crippen LogP contribution is -2.41. The second-order valence-electron chi connectivity index (χ2n) is 4.05. The Balaban J connectivity index is 2.34. The molecule has 0 aromatic carbocycles. The third-order valence-electron chi connectivity index (χ3n) is 2.66. The number of sulfonamides is 1. The number of rotatable bonds is 5. The van der Waals surface area contributed by atoms with Gasteiger partial charge in [0.15, 0.2) is 0 Å². The Hall–Kier alpha value is -0.170. The summed E-state index contributed by atoms with van der Waals surface area (Å²) in [6.07, 6.45) is 2.61. The van der Waals surface area contributed by atoms with Gasteiger partial charge in [-0.2, -0.15) is 0 Å². The summed E-state index contributed by atoms with van der Waals surface area (Å²) < 4.78 is 25.7. The van der Waals surface area contributed by atoms with Gasteiger partial charge in [-0.15, -0.1) is 0 Å². The summed E-state index contributed by atoms with van der Waals surface area (Å²) >= 11 is 0. The van der Waals surface area contributed by atoms with E-state index < -0.39 is 10.0 Å². The predicted molar refractivity (Wildman–Crippen MR) is 59.1 cm³/mol. The Morgan fingerprint density at radius 2 is 1.87 bits per heavy atom. The molecular formula is C9H20N2O3S. The summed E-state index contributed by atoms with van der Waals surface area (Å²) in [7, 11) is -1.43. The van der Waals surface area contributed by atoms with Crippen molar-refractivity contribution in [3.63, 3.8) is 0 Å². The maximum Gasteiger partial charge on any atom is 0.213 e. The van der Waals surface area contributed by atoms with Crippen molar-refractivity contribution < 1.29 is 13.5 Å². The normalized spacial score (nSPS) is 27.9. The maximum atomic E-state index is 11.5. The lowest BCUT2D eigenvalue weighted by molar-refractivity contribution is 0.120. The molecule has 0 saturated heterocycles. The van der Waals surface area contributed by atoms with Crippen LogP contribution in [0.5, 0.6) is 0 Å². The van der Waals surface area contributed by atoms with Crippen molar-refractivity contribution in [3.05, 3.63) is 0 Å². The van der Waals surface area contributed by atoms with Crippen LogP contribution in [0.25, 0.3) is 0 Å². The topological polar surface area (TPSA) is 78.4 Å². The van der Waals surface area contributed by atoms with Crippen molar-refractivity contribution in [3.8, 4) is 0 Å². The van der Waals surface area contributed by atoms with Gasteiger partial charge in [-0.3, -0.25) is 0 Å². The third-order valence-corrected chi connectivity index (χ3v) is 4.10. The number of aliphatic hydroxyl groups is 1. The highest BCUT2D eigenvalue weighted by Crippen LogP contribution is 2.18. The lowest BCUT2D eigenvalue weighted by Gasteiger charge is -2.25. The van der Waals surface area contributed by atoms with E-state index in [-0.39, 0.29) is 17.9 Å². The molecule has 5 nitrogen and oxygen atoms in total. The van der Waals surface area contributed by atoms with E-state index in [9.17, 15) is 13.5 Å². The van der Waals surface area contributed by atoms with Gasteiger partial charge in [-0.05, 0) is 32.7 Å². The lowest BCUT2D eigenvalue weighted by atomic mass is 9.94. The van der Waals surface area contributed by atoms with Crippen molar-refractivity contribution in [1.82, 2.24) is 10.0 Å². The van der Waals surface area contributed by atoms with E-state index in [1.165, 1.54) is 0 Å². The molecule has 0 bridgehead atoms. The molecule has 0 aromatic heterocycles. The quantitative estimate of drug-likeness (QED) is 0.597.